The molecular weight excluding hydrogens is 408 g/mol. The van der Waals surface area contributed by atoms with E-state index in [4.69, 9.17) is 9.97 Å². The highest BCUT2D eigenvalue weighted by Gasteiger charge is 2.26. The number of aliphatic hydroxyl groups excluding tert-OH is 1. The van der Waals surface area contributed by atoms with Crippen LogP contribution in [-0.2, 0) is 0 Å². The second kappa shape index (κ2) is 11.0. The predicted molar refractivity (Wildman–Crippen MR) is 139 cm³/mol. The number of benzene rings is 2. The van der Waals surface area contributed by atoms with E-state index in [1.165, 1.54) is 16.7 Å². The Morgan fingerprint density at radius 3 is 2.42 bits per heavy atom. The van der Waals surface area contributed by atoms with E-state index < -0.39 is 0 Å². The van der Waals surface area contributed by atoms with Gasteiger partial charge in [0.1, 0.15) is 5.82 Å². The van der Waals surface area contributed by atoms with Gasteiger partial charge in [-0.3, -0.25) is 0 Å². The minimum absolute atomic E-state index is 0.120. The van der Waals surface area contributed by atoms with E-state index in [0.29, 0.717) is 17.8 Å². The highest BCUT2D eigenvalue weighted by molar-refractivity contribution is 5.93. The summed E-state index contributed by atoms with van der Waals surface area (Å²) in [6.07, 6.45) is 7.68. The second-order valence-corrected chi connectivity index (χ2v) is 9.62. The van der Waals surface area contributed by atoms with Gasteiger partial charge in [-0.15, -0.1) is 0 Å². The van der Waals surface area contributed by atoms with Crippen molar-refractivity contribution in [3.63, 3.8) is 0 Å². The van der Waals surface area contributed by atoms with Crippen LogP contribution in [0.2, 0.25) is 0 Å². The molecule has 0 radical (unpaired) electrons. The Morgan fingerprint density at radius 1 is 1.00 bits per heavy atom. The maximum atomic E-state index is 10.4. The molecule has 3 N–H and O–H groups in total. The summed E-state index contributed by atoms with van der Waals surface area (Å²) >= 11 is 0. The topological polar surface area (TPSA) is 70.1 Å². The molecule has 5 nitrogen and oxygen atoms in total. The molecule has 0 amide bonds. The lowest BCUT2D eigenvalue weighted by Gasteiger charge is -2.31. The fourth-order valence-corrected chi connectivity index (χ4v) is 4.99. The first-order valence-corrected chi connectivity index (χ1v) is 12.6. The number of nitrogens with one attached hydrogen (secondary N) is 2. The molecule has 33 heavy (non-hydrogen) atoms. The number of hydrogen-bond acceptors (Lipinski definition) is 5. The predicted octanol–water partition coefficient (Wildman–Crippen LogP) is 6.42. The van der Waals surface area contributed by atoms with E-state index in [0.717, 1.165) is 68.2 Å². The number of unbranched alkanes of at least 4 members (excludes halogenated alkanes) is 1. The smallest absolute Gasteiger partial charge is 0.225 e. The van der Waals surface area contributed by atoms with Crippen LogP contribution in [0.1, 0.15) is 57.4 Å². The van der Waals surface area contributed by atoms with Crippen molar-refractivity contribution in [1.29, 1.82) is 0 Å². The Morgan fingerprint density at radius 2 is 1.73 bits per heavy atom. The van der Waals surface area contributed by atoms with Crippen LogP contribution in [0.25, 0.3) is 22.0 Å². The number of fused-ring (bicyclic) bond motifs is 1. The van der Waals surface area contributed by atoms with E-state index in [1.807, 2.05) is 7.05 Å². The molecule has 0 saturated heterocycles. The van der Waals surface area contributed by atoms with Crippen molar-refractivity contribution in [2.75, 3.05) is 24.2 Å². The first-order valence-electron chi connectivity index (χ1n) is 12.6. The van der Waals surface area contributed by atoms with E-state index in [9.17, 15) is 5.11 Å². The summed E-state index contributed by atoms with van der Waals surface area (Å²) in [5.41, 5.74) is 4.56. The van der Waals surface area contributed by atoms with E-state index >= 15 is 0 Å². The molecule has 1 unspecified atom stereocenters. The van der Waals surface area contributed by atoms with Crippen LogP contribution in [0.15, 0.2) is 42.5 Å². The zero-order valence-corrected chi connectivity index (χ0v) is 20.3. The summed E-state index contributed by atoms with van der Waals surface area (Å²) in [6, 6.07) is 15.0. The van der Waals surface area contributed by atoms with E-state index in [1.54, 1.807) is 0 Å². The van der Waals surface area contributed by atoms with Crippen LogP contribution in [0.3, 0.4) is 0 Å². The maximum absolute atomic E-state index is 10.4. The van der Waals surface area contributed by atoms with Crippen LogP contribution >= 0.6 is 0 Å². The molecule has 1 aliphatic carbocycles. The molecule has 2 aromatic carbocycles. The highest BCUT2D eigenvalue weighted by Crippen LogP contribution is 2.33. The van der Waals surface area contributed by atoms with Crippen LogP contribution in [0, 0.1) is 18.8 Å². The normalized spacial score (nSPS) is 19.4. The number of anilines is 2. The Bertz CT molecular complexity index is 1040. The zero-order chi connectivity index (χ0) is 23.2. The summed E-state index contributed by atoms with van der Waals surface area (Å²) in [5.74, 6) is 2.61. The van der Waals surface area contributed by atoms with Gasteiger partial charge in [0.25, 0.3) is 0 Å². The number of nitrogens with zero attached hydrogens (tertiary/aromatic N) is 2. The quantitative estimate of drug-likeness (QED) is 0.354. The van der Waals surface area contributed by atoms with Gasteiger partial charge in [-0.05, 0) is 74.1 Å². The molecule has 0 bridgehead atoms. The fourth-order valence-electron chi connectivity index (χ4n) is 4.99. The minimum Gasteiger partial charge on any atom is -0.393 e. The highest BCUT2D eigenvalue weighted by atomic mass is 16.3. The zero-order valence-electron chi connectivity index (χ0n) is 20.3. The van der Waals surface area contributed by atoms with Gasteiger partial charge in [0.2, 0.25) is 5.95 Å². The summed E-state index contributed by atoms with van der Waals surface area (Å²) in [4.78, 5) is 9.55. The molecule has 1 aromatic heterocycles. The molecule has 5 heteroatoms. The molecule has 1 atom stereocenters. The monoisotopic (exact) mass is 446 g/mol. The largest absolute Gasteiger partial charge is 0.393 e. The number of hydrogen-bond donors (Lipinski definition) is 3. The van der Waals surface area contributed by atoms with Gasteiger partial charge in [-0.1, -0.05) is 55.7 Å². The molecule has 0 spiro atoms. The molecule has 4 rings (SSSR count). The summed E-state index contributed by atoms with van der Waals surface area (Å²) in [7, 11) is 1.91. The van der Waals surface area contributed by atoms with Gasteiger partial charge in [0.05, 0.1) is 11.6 Å². The van der Waals surface area contributed by atoms with Crippen molar-refractivity contribution in [2.24, 2.45) is 11.8 Å². The molecule has 3 aromatic rings. The Balaban J connectivity index is 1.41. The van der Waals surface area contributed by atoms with E-state index in [-0.39, 0.29) is 6.10 Å². The van der Waals surface area contributed by atoms with Crippen molar-refractivity contribution in [2.45, 2.75) is 64.9 Å². The van der Waals surface area contributed by atoms with Crippen LogP contribution < -0.4 is 10.6 Å². The molecule has 1 aliphatic rings. The molecular formula is C28H38N4O. The third-order valence-corrected chi connectivity index (χ3v) is 7.16. The van der Waals surface area contributed by atoms with Crippen molar-refractivity contribution in [1.82, 2.24) is 9.97 Å². The van der Waals surface area contributed by atoms with Crippen molar-refractivity contribution < 1.29 is 5.11 Å². The van der Waals surface area contributed by atoms with Crippen molar-refractivity contribution in [3.05, 3.63) is 48.0 Å². The minimum atomic E-state index is -0.120. The van der Waals surface area contributed by atoms with Gasteiger partial charge >= 0.3 is 0 Å². The number of aromatic nitrogens is 2. The van der Waals surface area contributed by atoms with E-state index in [2.05, 4.69) is 66.9 Å². The average Bonchev–Trinajstić information content (AvgIpc) is 2.86. The SMILES string of the molecule is CCCCC(O)C1CCC(CNc2nc(NC)c3cc(-c4ccc(C)cc4)ccc3n2)CC1. The Hall–Kier alpha value is -2.66. The fraction of sp³-hybridized carbons (Fsp3) is 0.500. The lowest BCUT2D eigenvalue weighted by Crippen LogP contribution is -2.28. The molecule has 1 saturated carbocycles. The first-order chi connectivity index (χ1) is 16.1. The average molecular weight is 447 g/mol. The molecule has 1 heterocycles. The van der Waals surface area contributed by atoms with Gasteiger partial charge in [-0.25, -0.2) is 4.98 Å². The summed E-state index contributed by atoms with van der Waals surface area (Å²) in [5, 5.41) is 18.2. The van der Waals surface area contributed by atoms with Crippen LogP contribution in [-0.4, -0.2) is 34.8 Å². The maximum Gasteiger partial charge on any atom is 0.225 e. The third kappa shape index (κ3) is 5.83. The lowest BCUT2D eigenvalue weighted by atomic mass is 9.78. The van der Waals surface area contributed by atoms with Gasteiger partial charge < -0.3 is 15.7 Å². The van der Waals surface area contributed by atoms with Gasteiger partial charge in [-0.2, -0.15) is 4.98 Å². The Labute approximate surface area is 198 Å². The molecule has 176 valence electrons. The van der Waals surface area contributed by atoms with Crippen LogP contribution in [0.4, 0.5) is 11.8 Å². The number of aryl methyl sites for hydroxylation is 1. The summed E-state index contributed by atoms with van der Waals surface area (Å²) < 4.78 is 0. The van der Waals surface area contributed by atoms with Gasteiger partial charge in [0.15, 0.2) is 0 Å². The van der Waals surface area contributed by atoms with Gasteiger partial charge in [0, 0.05) is 19.0 Å². The third-order valence-electron chi connectivity index (χ3n) is 7.16. The Kier molecular flexibility index (Phi) is 7.81. The van der Waals surface area contributed by atoms with Crippen LogP contribution in [0.5, 0.6) is 0 Å². The van der Waals surface area contributed by atoms with Crippen molar-refractivity contribution in [3.8, 4) is 11.1 Å². The number of rotatable bonds is 9. The standard InChI is InChI=1S/C28H38N4O/c1-4-5-6-26(33)22-13-9-20(10-14-22)18-30-28-31-25-16-15-23(17-24(25)27(29-3)32-28)21-11-7-19(2)8-12-21/h7-8,11-12,15-17,20,22,26,33H,4-6,9-10,13-14,18H2,1-3H3,(H2,29,30,31,32). The number of aliphatic hydroxyl groups is 1. The summed E-state index contributed by atoms with van der Waals surface area (Å²) in [6.45, 7) is 5.18. The second-order valence-electron chi connectivity index (χ2n) is 9.62. The van der Waals surface area contributed by atoms with Crippen molar-refractivity contribution >= 4 is 22.7 Å². The lowest BCUT2D eigenvalue weighted by molar-refractivity contribution is 0.0663. The molecule has 0 aliphatic heterocycles. The first kappa shape index (κ1) is 23.5. The molecule has 1 fully saturated rings.